The highest BCUT2D eigenvalue weighted by Crippen LogP contribution is 2.59. The number of hydrogen-bond acceptors (Lipinski definition) is 11. The summed E-state index contributed by atoms with van der Waals surface area (Å²) in [4.78, 5) is 82.9. The molecule has 15 nitrogen and oxygen atoms in total. The van der Waals surface area contributed by atoms with Crippen LogP contribution in [0.15, 0.2) is 137 Å². The van der Waals surface area contributed by atoms with Crippen molar-refractivity contribution in [2.45, 2.75) is 76.2 Å². The Morgan fingerprint density at radius 1 is 0.746 bits per heavy atom. The molecule has 0 fully saturated rings. The number of carbonyl (C=O) groups is 6. The van der Waals surface area contributed by atoms with E-state index in [-0.39, 0.29) is 79.2 Å². The van der Waals surface area contributed by atoms with Crippen molar-refractivity contribution in [3.05, 3.63) is 159 Å². The summed E-state index contributed by atoms with van der Waals surface area (Å²) in [5, 5.41) is 11.8. The van der Waals surface area contributed by atoms with Gasteiger partial charge in [0.05, 0.1) is 6.61 Å². The van der Waals surface area contributed by atoms with E-state index in [1.807, 2.05) is 0 Å². The van der Waals surface area contributed by atoms with Gasteiger partial charge in [-0.2, -0.15) is 0 Å². The predicted octanol–water partition coefficient (Wildman–Crippen LogP) is 9.05. The van der Waals surface area contributed by atoms with Crippen molar-refractivity contribution >= 4 is 65.7 Å². The Hall–Kier alpha value is -6.50. The second-order valence-corrected chi connectivity index (χ2v) is 21.9. The number of anilines is 1. The van der Waals surface area contributed by atoms with Crippen LogP contribution in [0.5, 0.6) is 0 Å². The summed E-state index contributed by atoms with van der Waals surface area (Å²) >= 11 is 0. The average molecular weight is 1010 g/mol. The van der Waals surface area contributed by atoms with Gasteiger partial charge in [0.15, 0.2) is 0 Å². The Bertz CT molecular complexity index is 2710. The molecule has 0 saturated heterocycles. The minimum Gasteiger partial charge on any atom is -0.461 e. The van der Waals surface area contributed by atoms with Gasteiger partial charge in [0, 0.05) is 76.7 Å². The van der Waals surface area contributed by atoms with Crippen molar-refractivity contribution in [3.8, 4) is 0 Å². The first-order chi connectivity index (χ1) is 33.5. The molecule has 380 valence electrons. The summed E-state index contributed by atoms with van der Waals surface area (Å²) in [6, 6.07) is 18.1. The molecule has 0 radical (unpaired) electrons. The molecule has 1 atom stereocenters. The number of benzene rings is 3. The lowest BCUT2D eigenvalue weighted by Gasteiger charge is -2.24. The second-order valence-electron chi connectivity index (χ2n) is 17.0. The van der Waals surface area contributed by atoms with Gasteiger partial charge < -0.3 is 35.1 Å². The fraction of sp³-hybridized carbons (Fsp3) is 0.333. The van der Waals surface area contributed by atoms with Gasteiger partial charge in [0.2, 0.25) is 12.7 Å². The quantitative estimate of drug-likeness (QED) is 0.0219. The van der Waals surface area contributed by atoms with Crippen LogP contribution in [-0.4, -0.2) is 85.7 Å². The molecular weight excluding hydrogens is 941 g/mol. The number of nitrogens with one attached hydrogen (secondary N) is 4. The van der Waals surface area contributed by atoms with Crippen LogP contribution >= 0.6 is 14.5 Å². The number of rotatable bonds is 24. The number of nitrogens with zero attached hydrogens (tertiary/aromatic N) is 1. The number of amides is 4. The number of esters is 1. The third-order valence-corrected chi connectivity index (χ3v) is 16.6. The number of ether oxygens (including phenoxy) is 1. The molecule has 3 rings (SSSR count). The highest BCUT2D eigenvalue weighted by Gasteiger charge is 2.40. The molecule has 0 heterocycles. The Kier molecular flexibility index (Phi) is 22.5. The van der Waals surface area contributed by atoms with Crippen molar-refractivity contribution < 1.29 is 47.2 Å². The fourth-order valence-electron chi connectivity index (χ4n) is 7.82. The summed E-state index contributed by atoms with van der Waals surface area (Å²) in [6.45, 7) is 26.6. The molecule has 0 saturated carbocycles. The first-order valence-electron chi connectivity index (χ1n) is 23.2. The molecule has 71 heavy (non-hydrogen) atoms. The lowest BCUT2D eigenvalue weighted by Crippen LogP contribution is -2.45. The van der Waals surface area contributed by atoms with Crippen LogP contribution in [0.3, 0.4) is 0 Å². The molecule has 0 aromatic heterocycles. The van der Waals surface area contributed by atoms with E-state index in [4.69, 9.17) is 9.26 Å². The van der Waals surface area contributed by atoms with Gasteiger partial charge in [-0.05, 0) is 104 Å². The number of carbonyl (C=O) groups excluding carboxylic acids is 6. The Morgan fingerprint density at radius 2 is 1.31 bits per heavy atom. The van der Waals surface area contributed by atoms with Gasteiger partial charge in [0.25, 0.3) is 12.9 Å². The van der Waals surface area contributed by atoms with Gasteiger partial charge >= 0.3 is 23.8 Å². The maximum atomic E-state index is 15.1. The van der Waals surface area contributed by atoms with Crippen molar-refractivity contribution in [2.24, 2.45) is 0 Å². The van der Waals surface area contributed by atoms with Gasteiger partial charge in [-0.1, -0.05) is 104 Å². The van der Waals surface area contributed by atoms with Gasteiger partial charge in [-0.15, -0.1) is 0 Å². The van der Waals surface area contributed by atoms with E-state index in [9.17, 15) is 33.3 Å². The van der Waals surface area contributed by atoms with Crippen LogP contribution < -0.4 is 31.9 Å². The molecule has 4 N–H and O–H groups in total. The minimum absolute atomic E-state index is 0.0401. The van der Waals surface area contributed by atoms with Gasteiger partial charge in [0.1, 0.15) is 6.61 Å². The Labute approximate surface area is 418 Å². The molecule has 0 bridgehead atoms. The van der Waals surface area contributed by atoms with Crippen LogP contribution in [0.2, 0.25) is 0 Å². The zero-order valence-electron chi connectivity index (χ0n) is 42.9. The van der Waals surface area contributed by atoms with E-state index in [0.717, 1.165) is 0 Å². The lowest BCUT2D eigenvalue weighted by molar-refractivity contribution is -0.139. The third-order valence-electron chi connectivity index (χ3n) is 11.3. The molecule has 0 spiro atoms. The molecule has 0 aliphatic carbocycles. The van der Waals surface area contributed by atoms with Crippen LogP contribution in [0.25, 0.3) is 0 Å². The van der Waals surface area contributed by atoms with Crippen LogP contribution in [0.4, 0.5) is 10.5 Å². The second kappa shape index (κ2) is 27.2. The van der Waals surface area contributed by atoms with Crippen molar-refractivity contribution in [2.75, 3.05) is 51.3 Å². The fourth-order valence-corrected chi connectivity index (χ4v) is 12.7. The number of allylic oxidation sites excluding steroid dienone is 8. The highest BCUT2D eigenvalue weighted by atomic mass is 31.2. The molecule has 0 aliphatic rings. The standard InChI is InChI=1S/C54H69N5O10P2/c1-14-23-42(15-2)71(67,69-16-3)53(64)46-38(10)34-39(11)48(41(46)13)58-54(65)56-29-31-59(32-33-68-51(62)37(8)9)30-28-55-49(60)50(61)57-47(36(6)7)40(12)45(35(4)5)52(63)70(66,43-24-19-17-20-25-43)44-26-21-18-22-27-44/h14-15,17-27,34H,6,8,16,28-33H2,1-5,7,9-13H3,(H,55,60)(H,57,61)(H2,56,58,65)/b23-14-,42-15+,47-40+. The third kappa shape index (κ3) is 15.0. The monoisotopic (exact) mass is 1010 g/mol. The summed E-state index contributed by atoms with van der Waals surface area (Å²) in [6.07, 6.45) is 4.86. The maximum Gasteiger partial charge on any atom is 0.333 e. The molecular formula is C54H69N5O10P2. The normalized spacial score (nSPS) is 12.8. The van der Waals surface area contributed by atoms with E-state index in [1.165, 1.54) is 6.92 Å². The largest absolute Gasteiger partial charge is 0.461 e. The first-order valence-corrected chi connectivity index (χ1v) is 26.5. The molecule has 3 aromatic carbocycles. The molecule has 1 unspecified atom stereocenters. The molecule has 17 heteroatoms. The van der Waals surface area contributed by atoms with Crippen LogP contribution in [0, 0.1) is 20.8 Å². The Morgan fingerprint density at radius 3 is 1.80 bits per heavy atom. The van der Waals surface area contributed by atoms with E-state index in [0.29, 0.717) is 44.1 Å². The van der Waals surface area contributed by atoms with Crippen LogP contribution in [0.1, 0.15) is 82.4 Å². The zero-order valence-corrected chi connectivity index (χ0v) is 44.7. The van der Waals surface area contributed by atoms with Crippen molar-refractivity contribution in [1.82, 2.24) is 20.9 Å². The summed E-state index contributed by atoms with van der Waals surface area (Å²) < 4.78 is 40.2. The van der Waals surface area contributed by atoms with E-state index in [2.05, 4.69) is 34.4 Å². The molecule has 3 aromatic rings. The summed E-state index contributed by atoms with van der Waals surface area (Å²) in [7, 11) is -7.95. The Balaban J connectivity index is 1.79. The lowest BCUT2D eigenvalue weighted by atomic mass is 9.98. The van der Waals surface area contributed by atoms with Crippen molar-refractivity contribution in [3.63, 3.8) is 0 Å². The summed E-state index contributed by atoms with van der Waals surface area (Å²) in [5.41, 5.74) is 2.49. The average Bonchev–Trinajstić information content (AvgIpc) is 3.33. The van der Waals surface area contributed by atoms with Gasteiger partial charge in [-0.3, -0.25) is 28.6 Å². The maximum absolute atomic E-state index is 15.1. The highest BCUT2D eigenvalue weighted by molar-refractivity contribution is 7.93. The van der Waals surface area contributed by atoms with Crippen molar-refractivity contribution in [1.29, 1.82) is 0 Å². The molecule has 4 amide bonds. The zero-order chi connectivity index (χ0) is 53.2. The number of hydrogen-bond donors (Lipinski definition) is 4. The van der Waals surface area contributed by atoms with E-state index >= 15 is 4.57 Å². The first kappa shape index (κ1) is 58.8. The minimum atomic E-state index is -4.01. The number of urea groups is 1. The smallest absolute Gasteiger partial charge is 0.333 e. The van der Waals surface area contributed by atoms with E-state index < -0.39 is 49.4 Å². The predicted molar refractivity (Wildman–Crippen MR) is 284 cm³/mol. The van der Waals surface area contributed by atoms with E-state index in [1.54, 1.807) is 159 Å². The SMILES string of the molecule is C=C(C)C(=O)OCCN(CCNC(=O)Nc1c(C)cc(C)c(C(=O)P(=O)(OCC)C(/C=C\C)=C/C)c1C)CCNC(=O)C(=O)N/C(C(=C)C)=C(\C)C(C(=O)P(=O)(c1ccccc1)c1ccccc1)=C(C)C. The molecule has 0 aliphatic heterocycles. The van der Waals surface area contributed by atoms with Crippen LogP contribution in [-0.2, 0) is 37.6 Å². The number of aryl methyl sites for hydroxylation is 2. The topological polar surface area (TPSA) is 206 Å². The van der Waals surface area contributed by atoms with Gasteiger partial charge in [-0.25, -0.2) is 9.59 Å². The summed E-state index contributed by atoms with van der Waals surface area (Å²) in [5.74, 6) is -2.62.